The van der Waals surface area contributed by atoms with E-state index < -0.39 is 272 Å². The Balaban J connectivity index is 0.969. The smallest absolute Gasteiger partial charge is 0.326 e. The van der Waals surface area contributed by atoms with E-state index in [-0.39, 0.29) is 113 Å². The van der Waals surface area contributed by atoms with Crippen LogP contribution in [0.3, 0.4) is 0 Å². The summed E-state index contributed by atoms with van der Waals surface area (Å²) in [4.78, 5) is 300. The van der Waals surface area contributed by atoms with Gasteiger partial charge in [0.25, 0.3) is 0 Å². The van der Waals surface area contributed by atoms with Crippen molar-refractivity contribution >= 4 is 124 Å². The van der Waals surface area contributed by atoms with E-state index >= 15 is 0 Å². The monoisotopic (exact) mass is 1880 g/mol. The zero-order chi connectivity index (χ0) is 99.2. The van der Waals surface area contributed by atoms with Gasteiger partial charge in [-0.3, -0.25) is 95.9 Å². The molecule has 0 saturated carbocycles. The number of amides is 19. The van der Waals surface area contributed by atoms with Gasteiger partial charge in [-0.15, -0.1) is 0 Å². The molecule has 7 rings (SSSR count). The molecule has 25 N–H and O–H groups in total. The summed E-state index contributed by atoms with van der Waals surface area (Å²) in [5.41, 5.74) is 24.0. The molecule has 1 aromatic heterocycles. The number of aliphatic carboxylic acids is 2. The number of nitrogens with one attached hydrogen (secondary N) is 13. The molecule has 0 bridgehead atoms. The molecular formula is C87H126N22O25. The fourth-order valence-electron chi connectivity index (χ4n) is 16.2. The lowest BCUT2D eigenvalue weighted by molar-refractivity contribution is -0.151. The summed E-state index contributed by atoms with van der Waals surface area (Å²) in [6, 6.07) is -12.0. The second-order valence-corrected chi connectivity index (χ2v) is 35.0. The molecule has 4 fully saturated rings. The van der Waals surface area contributed by atoms with E-state index in [1.165, 1.54) is 68.5 Å². The standard InChI is InChI=1S/C87H126N22O25/c1-9-45(6)71(86(132)109-31-13-17-65(109)87(133)134)105-81(127)56(33-44(4)5)101-76(122)54(26-27-66(89)112)97-79(125)59(37-67(90)113)98-72(118)46(7)95-69(115)41-93-75(121)58(36-50-40-92-42-94-50)102-80(126)60(39-70(116)117)99-73(119)47(8)96-77(123)57(35-49-20-24-52(111)25-21-49)103-82(128)62-14-10-28-106(62)84(130)64-16-12-30-108(64)85(131)63-15-11-29-107(63)83(129)61(38-68(91)114)104-78(124)55(32-43(2)3)100-74(120)53(88)34-48-18-22-51(110)23-19-48/h18-25,40,42-47,53-65,71,110-111H,9-17,26-39,41,88H2,1-8H3,(H2,89,112)(H2,90,113)(H2,91,114)(H,92,94)(H,93,121)(H,95,115)(H,96,123)(H,97,125)(H,98,118)(H,99,119)(H,100,120)(H,101,122)(H,102,126)(H,103,128)(H,104,124)(H,105,127)(H,116,117)(H,133,134)/t45-,46-,47-,53-,54-,55-,56-,57-,58-,59-,60-,61-,62-,63-,64-,65-,71-/m0/s1. The summed E-state index contributed by atoms with van der Waals surface area (Å²) in [5.74, 6) is -22.2. The van der Waals surface area contributed by atoms with E-state index in [0.29, 0.717) is 36.8 Å². The summed E-state index contributed by atoms with van der Waals surface area (Å²) >= 11 is 0. The van der Waals surface area contributed by atoms with E-state index in [4.69, 9.17) is 22.9 Å². The molecule has 0 spiro atoms. The maximum absolute atomic E-state index is 14.9. The molecule has 19 amide bonds. The first-order chi connectivity index (χ1) is 63.2. The minimum Gasteiger partial charge on any atom is -0.508 e. The number of aromatic hydroxyl groups is 2. The molecule has 134 heavy (non-hydrogen) atoms. The highest BCUT2D eigenvalue weighted by molar-refractivity contribution is 6.03. The third-order valence-corrected chi connectivity index (χ3v) is 23.4. The number of benzene rings is 2. The maximum Gasteiger partial charge on any atom is 0.326 e. The molecule has 0 unspecified atom stereocenters. The lowest BCUT2D eigenvalue weighted by Crippen LogP contribution is -2.60. The number of phenolic OH excluding ortho intramolecular Hbond substituents is 2. The van der Waals surface area contributed by atoms with E-state index in [2.05, 4.69) is 73.8 Å². The third kappa shape index (κ3) is 31.9. The molecule has 4 aliphatic rings. The Morgan fingerprint density at radius 3 is 1.36 bits per heavy atom. The first-order valence-corrected chi connectivity index (χ1v) is 44.6. The van der Waals surface area contributed by atoms with Crippen LogP contribution in [0.4, 0.5) is 0 Å². The van der Waals surface area contributed by atoms with E-state index in [9.17, 15) is 121 Å². The van der Waals surface area contributed by atoms with Crippen LogP contribution in [0.25, 0.3) is 0 Å². The van der Waals surface area contributed by atoms with Crippen molar-refractivity contribution in [3.8, 4) is 11.5 Å². The van der Waals surface area contributed by atoms with Crippen molar-refractivity contribution in [1.82, 2.24) is 93.4 Å². The van der Waals surface area contributed by atoms with Gasteiger partial charge in [-0.25, -0.2) is 9.78 Å². The highest BCUT2D eigenvalue weighted by Crippen LogP contribution is 2.31. The van der Waals surface area contributed by atoms with Gasteiger partial charge in [-0.05, 0) is 144 Å². The van der Waals surface area contributed by atoms with Crippen LogP contribution in [0.2, 0.25) is 0 Å². The molecule has 734 valence electrons. The van der Waals surface area contributed by atoms with Gasteiger partial charge in [-0.1, -0.05) is 72.2 Å². The highest BCUT2D eigenvalue weighted by atomic mass is 16.4. The van der Waals surface area contributed by atoms with Gasteiger partial charge in [0.1, 0.15) is 102 Å². The van der Waals surface area contributed by atoms with Gasteiger partial charge < -0.3 is 132 Å². The van der Waals surface area contributed by atoms with Crippen molar-refractivity contribution in [2.24, 2.45) is 40.7 Å². The minimum atomic E-state index is -2.01. The third-order valence-electron chi connectivity index (χ3n) is 23.4. The van der Waals surface area contributed by atoms with Crippen molar-refractivity contribution in [2.45, 2.75) is 274 Å². The van der Waals surface area contributed by atoms with Crippen LogP contribution < -0.4 is 86.7 Å². The molecule has 5 heterocycles. The molecule has 2 aromatic carbocycles. The number of imidazole rings is 1. The lowest BCUT2D eigenvalue weighted by Gasteiger charge is -2.35. The van der Waals surface area contributed by atoms with Gasteiger partial charge in [0.05, 0.1) is 38.2 Å². The average Bonchev–Trinajstić information content (AvgIpc) is 1.63. The number of H-pyrrole nitrogens is 1. The number of aromatic nitrogens is 2. The predicted molar refractivity (Wildman–Crippen MR) is 473 cm³/mol. The number of rotatable bonds is 50. The number of carbonyl (C=O) groups is 21. The number of nitrogens with two attached hydrogens (primary N) is 4. The summed E-state index contributed by atoms with van der Waals surface area (Å²) in [6.07, 6.45) is 0.215. The van der Waals surface area contributed by atoms with Crippen LogP contribution in [0.5, 0.6) is 11.5 Å². The number of likely N-dealkylation sites (tertiary alicyclic amines) is 4. The van der Waals surface area contributed by atoms with Crippen LogP contribution in [-0.2, 0) is 120 Å². The Labute approximate surface area is 772 Å². The molecule has 17 atom stereocenters. The number of phenols is 2. The quantitative estimate of drug-likeness (QED) is 0.0251. The number of hydrogen-bond donors (Lipinski definition) is 21. The maximum atomic E-state index is 14.9. The fraction of sp³-hybridized carbons (Fsp3) is 0.586. The summed E-state index contributed by atoms with van der Waals surface area (Å²) in [6.45, 7) is 12.0. The molecule has 47 heteroatoms. The zero-order valence-electron chi connectivity index (χ0n) is 76.1. The van der Waals surface area contributed by atoms with Gasteiger partial charge in [-0.2, -0.15) is 0 Å². The van der Waals surface area contributed by atoms with Gasteiger partial charge >= 0.3 is 11.9 Å². The van der Waals surface area contributed by atoms with Crippen LogP contribution >= 0.6 is 0 Å². The van der Waals surface area contributed by atoms with Crippen LogP contribution in [-0.4, -0.2) is 304 Å². The fourth-order valence-corrected chi connectivity index (χ4v) is 16.2. The number of carboxylic acids is 2. The molecule has 0 aliphatic carbocycles. The molecule has 4 aliphatic heterocycles. The SMILES string of the molecule is CC[C@H](C)[C@H](NC(=O)[C@H](CC(C)C)NC(=O)[C@H](CCC(N)=O)NC(=O)[C@H](CC(N)=O)NC(=O)[C@H](C)NC(=O)CNC(=O)[C@H](Cc1cnc[nH]1)NC(=O)[C@H](CC(=O)O)NC(=O)[C@H](C)NC(=O)[C@H](Cc1ccc(O)cc1)NC(=O)[C@@H]1CCCN1C(=O)[C@@H]1CCCN1C(=O)[C@@H]1CCCN1C(=O)[C@H](CC(N)=O)NC(=O)[C@H](CC(C)C)NC(=O)[C@@H](N)Cc1ccc(O)cc1)C(=O)N1CCC[C@H]1C(=O)O. The van der Waals surface area contributed by atoms with Gasteiger partial charge in [0, 0.05) is 57.3 Å². The van der Waals surface area contributed by atoms with E-state index in [1.54, 1.807) is 53.7 Å². The predicted octanol–water partition coefficient (Wildman–Crippen LogP) is -5.66. The van der Waals surface area contributed by atoms with Crippen LogP contribution in [0.1, 0.15) is 175 Å². The molecule has 0 radical (unpaired) electrons. The lowest BCUT2D eigenvalue weighted by atomic mass is 9.95. The van der Waals surface area contributed by atoms with Crippen LogP contribution in [0.15, 0.2) is 61.1 Å². The summed E-state index contributed by atoms with van der Waals surface area (Å²) in [7, 11) is 0. The van der Waals surface area contributed by atoms with Crippen molar-refractivity contribution in [3.63, 3.8) is 0 Å². The Hall–Kier alpha value is -13.9. The topological polar surface area (TPSA) is 729 Å². The number of carbonyl (C=O) groups excluding carboxylic acids is 19. The number of hydrogen-bond acceptors (Lipinski definition) is 25. The second kappa shape index (κ2) is 50.6. The van der Waals surface area contributed by atoms with Crippen LogP contribution in [0, 0.1) is 17.8 Å². The van der Waals surface area contributed by atoms with Gasteiger partial charge in [0.2, 0.25) is 112 Å². The highest BCUT2D eigenvalue weighted by Gasteiger charge is 2.49. The number of nitrogens with zero attached hydrogens (tertiary/aromatic N) is 5. The number of primary amides is 3. The minimum absolute atomic E-state index is 0.000302. The largest absolute Gasteiger partial charge is 0.508 e. The average molecular weight is 1880 g/mol. The van der Waals surface area contributed by atoms with E-state index in [0.717, 1.165) is 13.8 Å². The Bertz CT molecular complexity index is 4750. The molecule has 47 nitrogen and oxygen atoms in total. The Kier molecular flexibility index (Phi) is 40.5. The second-order valence-electron chi connectivity index (χ2n) is 35.0. The summed E-state index contributed by atoms with van der Waals surface area (Å²) < 4.78 is 0. The molecule has 3 aromatic rings. The van der Waals surface area contributed by atoms with Crippen molar-refractivity contribution < 1.29 is 121 Å². The van der Waals surface area contributed by atoms with Crippen molar-refractivity contribution in [3.05, 3.63) is 77.9 Å². The number of aromatic amines is 1. The Morgan fingerprint density at radius 2 is 0.851 bits per heavy atom. The Morgan fingerprint density at radius 1 is 0.433 bits per heavy atom. The van der Waals surface area contributed by atoms with E-state index in [1.807, 2.05) is 0 Å². The molecule has 4 saturated heterocycles. The van der Waals surface area contributed by atoms with Gasteiger partial charge in [0.15, 0.2) is 0 Å². The first-order valence-electron chi connectivity index (χ1n) is 44.6. The first kappa shape index (κ1) is 107. The zero-order valence-corrected chi connectivity index (χ0v) is 76.1. The number of carboxylic acid groups (broad SMARTS) is 2. The van der Waals surface area contributed by atoms with Crippen molar-refractivity contribution in [1.29, 1.82) is 0 Å². The molecular weight excluding hydrogens is 1750 g/mol. The summed E-state index contributed by atoms with van der Waals surface area (Å²) in [5, 5.41) is 69.1. The van der Waals surface area contributed by atoms with Crippen molar-refractivity contribution in [2.75, 3.05) is 32.7 Å². The normalized spacial score (nSPS) is 18.7.